The van der Waals surface area contributed by atoms with E-state index in [2.05, 4.69) is 0 Å². The fraction of sp³-hybridized carbons (Fsp3) is 0.897. The fourth-order valence-electron chi connectivity index (χ4n) is 8.76. The van der Waals surface area contributed by atoms with E-state index in [0.29, 0.717) is 45.1 Å². The van der Waals surface area contributed by atoms with Crippen molar-refractivity contribution in [2.75, 3.05) is 6.61 Å². The van der Waals surface area contributed by atoms with Gasteiger partial charge in [-0.1, -0.05) is 13.8 Å². The van der Waals surface area contributed by atoms with Gasteiger partial charge in [0.05, 0.1) is 35.1 Å². The highest BCUT2D eigenvalue weighted by atomic mass is 16.5. The normalized spacial score (nSPS) is 45.2. The van der Waals surface area contributed by atoms with Crippen molar-refractivity contribution in [1.29, 1.82) is 0 Å². The molecule has 4 aliphatic rings. The van der Waals surface area contributed by atoms with E-state index < -0.39 is 45.9 Å². The fourth-order valence-corrected chi connectivity index (χ4v) is 8.76. The quantitative estimate of drug-likeness (QED) is 0.358. The number of carbonyl (C=O) groups is 1. The molecule has 4 aliphatic carbocycles. The van der Waals surface area contributed by atoms with E-state index in [4.69, 9.17) is 4.74 Å². The van der Waals surface area contributed by atoms with Crippen LogP contribution in [-0.2, 0) is 9.53 Å². The Balaban J connectivity index is 1.68. The van der Waals surface area contributed by atoms with Gasteiger partial charge in [-0.2, -0.15) is 0 Å². The van der Waals surface area contributed by atoms with Gasteiger partial charge >= 0.3 is 0 Å². The van der Waals surface area contributed by atoms with E-state index in [0.717, 1.165) is 12.0 Å². The number of allylic oxidation sites excluding steroid dienone is 1. The molecule has 3 saturated carbocycles. The molecule has 206 valence electrons. The summed E-state index contributed by atoms with van der Waals surface area (Å²) in [6.45, 7) is 11.7. The molecular formula is C29H48O7. The lowest BCUT2D eigenvalue weighted by Crippen LogP contribution is -2.63. The largest absolute Gasteiger partial charge is 0.390 e. The number of fused-ring (bicyclic) bond motifs is 5. The summed E-state index contributed by atoms with van der Waals surface area (Å²) in [5.74, 6) is -0.737. The maximum atomic E-state index is 13.4. The Hall–Kier alpha value is -0.830. The highest BCUT2D eigenvalue weighted by Gasteiger charge is 2.69. The molecule has 0 amide bonds. The van der Waals surface area contributed by atoms with Gasteiger partial charge in [0.25, 0.3) is 0 Å². The topological polar surface area (TPSA) is 127 Å². The van der Waals surface area contributed by atoms with E-state index >= 15 is 0 Å². The zero-order valence-corrected chi connectivity index (χ0v) is 23.0. The Morgan fingerprint density at radius 1 is 1.08 bits per heavy atom. The van der Waals surface area contributed by atoms with Crippen LogP contribution in [0.25, 0.3) is 0 Å². The molecule has 0 heterocycles. The van der Waals surface area contributed by atoms with Gasteiger partial charge in [-0.3, -0.25) is 4.79 Å². The maximum Gasteiger partial charge on any atom is 0.159 e. The molecule has 4 rings (SSSR count). The number of carbonyl (C=O) groups excluding carboxylic acids is 1. The second kappa shape index (κ2) is 9.13. The average molecular weight is 509 g/mol. The van der Waals surface area contributed by atoms with Crippen LogP contribution in [-0.4, -0.2) is 73.0 Å². The second-order valence-electron chi connectivity index (χ2n) is 13.6. The number of hydrogen-bond donors (Lipinski definition) is 5. The van der Waals surface area contributed by atoms with Crippen LogP contribution in [0.15, 0.2) is 11.6 Å². The van der Waals surface area contributed by atoms with Crippen LogP contribution in [0.1, 0.15) is 92.9 Å². The van der Waals surface area contributed by atoms with Crippen molar-refractivity contribution in [3.05, 3.63) is 11.6 Å². The first-order chi connectivity index (χ1) is 16.5. The van der Waals surface area contributed by atoms with Crippen molar-refractivity contribution >= 4 is 5.78 Å². The highest BCUT2D eigenvalue weighted by Crippen LogP contribution is 2.68. The molecule has 5 unspecified atom stereocenters. The van der Waals surface area contributed by atoms with E-state index in [1.54, 1.807) is 19.9 Å². The molecule has 0 aromatic heterocycles. The molecule has 36 heavy (non-hydrogen) atoms. The monoisotopic (exact) mass is 508 g/mol. The molecule has 7 heteroatoms. The van der Waals surface area contributed by atoms with Gasteiger partial charge in [0, 0.05) is 17.9 Å². The van der Waals surface area contributed by atoms with Crippen LogP contribution in [0.3, 0.4) is 0 Å². The van der Waals surface area contributed by atoms with Gasteiger partial charge in [-0.05, 0) is 108 Å². The molecule has 3 fully saturated rings. The maximum absolute atomic E-state index is 13.4. The molecule has 0 aliphatic heterocycles. The summed E-state index contributed by atoms with van der Waals surface area (Å²) in [5.41, 5.74) is -3.75. The minimum absolute atomic E-state index is 0.0537. The van der Waals surface area contributed by atoms with Gasteiger partial charge in [-0.25, -0.2) is 0 Å². The first kappa shape index (κ1) is 28.2. The summed E-state index contributed by atoms with van der Waals surface area (Å²) in [4.78, 5) is 13.4. The average Bonchev–Trinajstić information content (AvgIpc) is 3.05. The van der Waals surface area contributed by atoms with Crippen molar-refractivity contribution < 1.29 is 35.1 Å². The molecule has 0 spiro atoms. The smallest absolute Gasteiger partial charge is 0.159 e. The van der Waals surface area contributed by atoms with Gasteiger partial charge in [0.2, 0.25) is 0 Å². The minimum Gasteiger partial charge on any atom is -0.390 e. The zero-order valence-electron chi connectivity index (χ0n) is 23.0. The predicted molar refractivity (Wildman–Crippen MR) is 136 cm³/mol. The number of aliphatic hydroxyl groups is 5. The number of ether oxygens (including phenoxy) is 1. The van der Waals surface area contributed by atoms with Gasteiger partial charge in [0.15, 0.2) is 5.78 Å². The van der Waals surface area contributed by atoms with Crippen molar-refractivity contribution in [2.45, 2.75) is 128 Å². The summed E-state index contributed by atoms with van der Waals surface area (Å²) in [5, 5.41) is 55.5. The molecule has 0 saturated heterocycles. The SMILES string of the molecule is CCO[C@H](CCC(C)(C)O)[C@](C)(O)C1CC[C@@]2(O)C3=CC(=O)C4C[C@@H](O)[C@@H](O)CC4(C)C3CCC12C. The van der Waals surface area contributed by atoms with E-state index in [9.17, 15) is 30.3 Å². The predicted octanol–water partition coefficient (Wildman–Crippen LogP) is 2.90. The molecule has 7 nitrogen and oxygen atoms in total. The van der Waals surface area contributed by atoms with Crippen molar-refractivity contribution in [3.8, 4) is 0 Å². The molecule has 0 radical (unpaired) electrons. The van der Waals surface area contributed by atoms with E-state index in [-0.39, 0.29) is 30.0 Å². The summed E-state index contributed by atoms with van der Waals surface area (Å²) in [7, 11) is 0. The molecule has 0 aromatic carbocycles. The third kappa shape index (κ3) is 4.22. The summed E-state index contributed by atoms with van der Waals surface area (Å²) in [6.07, 6.45) is 3.45. The minimum atomic E-state index is -1.23. The van der Waals surface area contributed by atoms with Crippen molar-refractivity contribution in [3.63, 3.8) is 0 Å². The summed E-state index contributed by atoms with van der Waals surface area (Å²) < 4.78 is 6.04. The number of rotatable bonds is 7. The van der Waals surface area contributed by atoms with Gasteiger partial charge in [0.1, 0.15) is 0 Å². The zero-order chi connectivity index (χ0) is 26.9. The first-order valence-corrected chi connectivity index (χ1v) is 13.9. The molecule has 0 aromatic rings. The lowest BCUT2D eigenvalue weighted by atomic mass is 9.45. The Morgan fingerprint density at radius 2 is 1.75 bits per heavy atom. The number of hydrogen-bond acceptors (Lipinski definition) is 7. The molecular weight excluding hydrogens is 460 g/mol. The van der Waals surface area contributed by atoms with Gasteiger partial charge in [-0.15, -0.1) is 0 Å². The van der Waals surface area contributed by atoms with Crippen molar-refractivity contribution in [2.24, 2.45) is 28.6 Å². The van der Waals surface area contributed by atoms with Crippen LogP contribution in [0.5, 0.6) is 0 Å². The molecule has 0 bridgehead atoms. The summed E-state index contributed by atoms with van der Waals surface area (Å²) >= 11 is 0. The first-order valence-electron chi connectivity index (χ1n) is 13.9. The van der Waals surface area contributed by atoms with Crippen LogP contribution >= 0.6 is 0 Å². The number of ketones is 1. The van der Waals surface area contributed by atoms with Crippen LogP contribution < -0.4 is 0 Å². The third-order valence-electron chi connectivity index (χ3n) is 10.9. The Labute approximate surface area is 215 Å². The molecule has 10 atom stereocenters. The third-order valence-corrected chi connectivity index (χ3v) is 10.9. The molecule has 5 N–H and O–H groups in total. The highest BCUT2D eigenvalue weighted by molar-refractivity contribution is 5.95. The standard InChI is InChI=1S/C29H48O7/c1-7-36-24(10-11-25(2,3)33)28(6,34)23-9-13-29(35)18-14-20(30)19-15-21(31)22(32)16-26(19,4)17(18)8-12-27(23,29)5/h14,17,19,21-24,31-35H,7-13,15-16H2,1-6H3/t17?,19?,21-,22+,23?,24-,26?,27?,28-,29-/m1/s1. The Bertz CT molecular complexity index is 891. The van der Waals surface area contributed by atoms with E-state index in [1.807, 2.05) is 27.7 Å². The van der Waals surface area contributed by atoms with Gasteiger partial charge < -0.3 is 30.3 Å². The van der Waals surface area contributed by atoms with Crippen molar-refractivity contribution in [1.82, 2.24) is 0 Å². The Kier molecular flexibility index (Phi) is 7.15. The Morgan fingerprint density at radius 3 is 2.36 bits per heavy atom. The lowest BCUT2D eigenvalue weighted by molar-refractivity contribution is -0.186. The van der Waals surface area contributed by atoms with E-state index in [1.165, 1.54) is 0 Å². The lowest BCUT2D eigenvalue weighted by Gasteiger charge is -2.60. The van der Waals surface area contributed by atoms with Crippen LogP contribution in [0.4, 0.5) is 0 Å². The summed E-state index contributed by atoms with van der Waals surface area (Å²) in [6, 6.07) is 0. The number of aliphatic hydroxyl groups excluding tert-OH is 2. The van der Waals surface area contributed by atoms with Crippen LogP contribution in [0.2, 0.25) is 0 Å². The van der Waals surface area contributed by atoms with Crippen LogP contribution in [0, 0.1) is 28.6 Å². The second-order valence-corrected chi connectivity index (χ2v) is 13.6.